The van der Waals surface area contributed by atoms with Gasteiger partial charge in [-0.25, -0.2) is 13.4 Å². The van der Waals surface area contributed by atoms with Crippen molar-refractivity contribution in [2.45, 2.75) is 0 Å². The molecule has 0 bridgehead atoms. The van der Waals surface area contributed by atoms with Gasteiger partial charge in [-0.15, -0.1) is 0 Å². The molecule has 0 atom stereocenters. The lowest BCUT2D eigenvalue weighted by atomic mass is 10.2. The van der Waals surface area contributed by atoms with Crippen molar-refractivity contribution in [1.82, 2.24) is 4.98 Å². The molecule has 0 aliphatic carbocycles. The fourth-order valence-corrected chi connectivity index (χ4v) is 2.51. The van der Waals surface area contributed by atoms with E-state index in [1.807, 2.05) is 18.2 Å². The maximum Gasteiger partial charge on any atom is 0.230 e. The smallest absolute Gasteiger partial charge is 0.230 e. The molecular weight excluding hydrogens is 306 g/mol. The number of pyridine rings is 1. The molecule has 0 fully saturated rings. The third-order valence-electron chi connectivity index (χ3n) is 2.88. The number of ether oxygens (including phenoxy) is 2. The fraction of sp³-hybridized carbons (Fsp3) is 0.214. The molecule has 0 saturated heterocycles. The van der Waals surface area contributed by atoms with Crippen LogP contribution in [0.4, 0.5) is 17.2 Å². The molecule has 22 heavy (non-hydrogen) atoms. The number of sulfonamides is 1. The first-order valence-electron chi connectivity index (χ1n) is 6.60. The highest BCUT2D eigenvalue weighted by atomic mass is 32.2. The van der Waals surface area contributed by atoms with Crippen molar-refractivity contribution in [1.29, 1.82) is 0 Å². The summed E-state index contributed by atoms with van der Waals surface area (Å²) >= 11 is 0. The van der Waals surface area contributed by atoms with E-state index < -0.39 is 10.0 Å². The summed E-state index contributed by atoms with van der Waals surface area (Å²) in [5.74, 6) is 1.69. The van der Waals surface area contributed by atoms with Crippen LogP contribution in [0.15, 0.2) is 36.5 Å². The summed E-state index contributed by atoms with van der Waals surface area (Å²) < 4.78 is 35.5. The lowest BCUT2D eigenvalue weighted by molar-refractivity contribution is 0.171. The summed E-state index contributed by atoms with van der Waals surface area (Å²) in [7, 11) is -3.32. The van der Waals surface area contributed by atoms with E-state index in [0.717, 1.165) is 23.4 Å². The average molecular weight is 321 g/mol. The molecule has 0 spiro atoms. The first-order chi connectivity index (χ1) is 10.5. The van der Waals surface area contributed by atoms with Gasteiger partial charge in [0.15, 0.2) is 11.5 Å². The third kappa shape index (κ3) is 3.59. The zero-order chi connectivity index (χ0) is 15.6. The predicted molar refractivity (Wildman–Crippen MR) is 83.4 cm³/mol. The van der Waals surface area contributed by atoms with E-state index in [4.69, 9.17) is 9.47 Å². The fourth-order valence-electron chi connectivity index (χ4n) is 2.01. The Morgan fingerprint density at radius 3 is 2.45 bits per heavy atom. The van der Waals surface area contributed by atoms with E-state index >= 15 is 0 Å². The van der Waals surface area contributed by atoms with Crippen molar-refractivity contribution >= 4 is 27.2 Å². The van der Waals surface area contributed by atoms with Gasteiger partial charge in [0.05, 0.1) is 18.1 Å². The van der Waals surface area contributed by atoms with Gasteiger partial charge in [0.25, 0.3) is 0 Å². The van der Waals surface area contributed by atoms with Gasteiger partial charge in [-0.3, -0.25) is 4.72 Å². The molecule has 1 aliphatic rings. The number of aromatic nitrogens is 1. The number of hydrogen-bond acceptors (Lipinski definition) is 6. The molecular formula is C14H15N3O4S. The van der Waals surface area contributed by atoms with Gasteiger partial charge in [0, 0.05) is 11.8 Å². The minimum atomic E-state index is -3.32. The first-order valence-corrected chi connectivity index (χ1v) is 8.49. The Hall–Kier alpha value is -2.48. The van der Waals surface area contributed by atoms with Crippen molar-refractivity contribution in [2.75, 3.05) is 29.5 Å². The SMILES string of the molecule is CS(=O)(=O)Nc1ccc(Nc2ccc3c(c2)OCCO3)cn1. The molecule has 116 valence electrons. The lowest BCUT2D eigenvalue weighted by Gasteiger charge is -2.19. The Bertz CT molecular complexity index is 775. The molecule has 3 rings (SSSR count). The Morgan fingerprint density at radius 2 is 1.77 bits per heavy atom. The maximum atomic E-state index is 11.1. The van der Waals surface area contributed by atoms with Gasteiger partial charge in [-0.1, -0.05) is 0 Å². The van der Waals surface area contributed by atoms with Gasteiger partial charge in [-0.05, 0) is 24.3 Å². The van der Waals surface area contributed by atoms with E-state index in [-0.39, 0.29) is 5.82 Å². The predicted octanol–water partition coefficient (Wildman–Crippen LogP) is 1.97. The number of anilines is 3. The van der Waals surface area contributed by atoms with Gasteiger partial charge in [-0.2, -0.15) is 0 Å². The normalized spacial score (nSPS) is 13.5. The lowest BCUT2D eigenvalue weighted by Crippen LogP contribution is -2.15. The summed E-state index contributed by atoms with van der Waals surface area (Å²) in [6.07, 6.45) is 2.63. The van der Waals surface area contributed by atoms with Crippen molar-refractivity contribution in [2.24, 2.45) is 0 Å². The van der Waals surface area contributed by atoms with E-state index in [1.54, 1.807) is 18.3 Å². The number of hydrogen-bond donors (Lipinski definition) is 2. The quantitative estimate of drug-likeness (QED) is 0.895. The van der Waals surface area contributed by atoms with Crippen LogP contribution in [0.2, 0.25) is 0 Å². The second-order valence-electron chi connectivity index (χ2n) is 4.79. The third-order valence-corrected chi connectivity index (χ3v) is 3.46. The molecule has 1 aromatic carbocycles. The van der Waals surface area contributed by atoms with Crippen molar-refractivity contribution in [3.63, 3.8) is 0 Å². The average Bonchev–Trinajstić information content (AvgIpc) is 2.48. The van der Waals surface area contributed by atoms with Crippen LogP contribution in [0, 0.1) is 0 Å². The van der Waals surface area contributed by atoms with Crippen molar-refractivity contribution in [3.8, 4) is 11.5 Å². The summed E-state index contributed by atoms with van der Waals surface area (Å²) in [6, 6.07) is 8.87. The minimum absolute atomic E-state index is 0.273. The van der Waals surface area contributed by atoms with Crippen molar-refractivity contribution in [3.05, 3.63) is 36.5 Å². The van der Waals surface area contributed by atoms with Gasteiger partial charge in [0.2, 0.25) is 10.0 Å². The van der Waals surface area contributed by atoms with Gasteiger partial charge in [0.1, 0.15) is 19.0 Å². The molecule has 2 N–H and O–H groups in total. The minimum Gasteiger partial charge on any atom is -0.486 e. The standard InChI is InChI=1S/C14H15N3O4S/c1-22(18,19)17-14-5-3-11(9-15-14)16-10-2-4-12-13(8-10)21-7-6-20-12/h2-5,8-9,16H,6-7H2,1H3,(H,15,17). The molecule has 8 heteroatoms. The molecule has 0 amide bonds. The molecule has 0 saturated carbocycles. The first kappa shape index (κ1) is 14.5. The number of nitrogens with zero attached hydrogens (tertiary/aromatic N) is 1. The largest absolute Gasteiger partial charge is 0.486 e. The van der Waals surface area contributed by atoms with Gasteiger partial charge < -0.3 is 14.8 Å². The Labute approximate surface area is 128 Å². The molecule has 7 nitrogen and oxygen atoms in total. The molecule has 1 aliphatic heterocycles. The van der Waals surface area contributed by atoms with Crippen LogP contribution >= 0.6 is 0 Å². The summed E-state index contributed by atoms with van der Waals surface area (Å²) in [4.78, 5) is 4.04. The monoisotopic (exact) mass is 321 g/mol. The van der Waals surface area contributed by atoms with Crippen LogP contribution in [0.1, 0.15) is 0 Å². The summed E-state index contributed by atoms with van der Waals surface area (Å²) in [5.41, 5.74) is 1.56. The highest BCUT2D eigenvalue weighted by Crippen LogP contribution is 2.33. The summed E-state index contributed by atoms with van der Waals surface area (Å²) in [5, 5.41) is 3.17. The zero-order valence-electron chi connectivity index (χ0n) is 11.9. The maximum absolute atomic E-state index is 11.1. The summed E-state index contributed by atoms with van der Waals surface area (Å²) in [6.45, 7) is 1.09. The Balaban J connectivity index is 1.73. The van der Waals surface area contributed by atoms with Gasteiger partial charge >= 0.3 is 0 Å². The second-order valence-corrected chi connectivity index (χ2v) is 6.54. The van der Waals surface area contributed by atoms with Crippen LogP contribution in [-0.4, -0.2) is 32.9 Å². The molecule has 2 heterocycles. The van der Waals surface area contributed by atoms with E-state index in [0.29, 0.717) is 19.0 Å². The molecule has 2 aromatic rings. The van der Waals surface area contributed by atoms with Crippen LogP contribution in [-0.2, 0) is 10.0 Å². The molecule has 0 unspecified atom stereocenters. The highest BCUT2D eigenvalue weighted by molar-refractivity contribution is 7.92. The van der Waals surface area contributed by atoms with Crippen LogP contribution in [0.25, 0.3) is 0 Å². The van der Waals surface area contributed by atoms with Crippen LogP contribution in [0.3, 0.4) is 0 Å². The van der Waals surface area contributed by atoms with Crippen LogP contribution in [0.5, 0.6) is 11.5 Å². The topological polar surface area (TPSA) is 89.6 Å². The number of benzene rings is 1. The number of rotatable bonds is 4. The molecule has 1 aromatic heterocycles. The van der Waals surface area contributed by atoms with E-state index in [2.05, 4.69) is 15.0 Å². The Morgan fingerprint density at radius 1 is 1.05 bits per heavy atom. The van der Waals surface area contributed by atoms with Crippen molar-refractivity contribution < 1.29 is 17.9 Å². The van der Waals surface area contributed by atoms with E-state index in [9.17, 15) is 8.42 Å². The Kier molecular flexibility index (Phi) is 3.76. The van der Waals surface area contributed by atoms with Crippen LogP contribution < -0.4 is 19.5 Å². The molecule has 0 radical (unpaired) electrons. The highest BCUT2D eigenvalue weighted by Gasteiger charge is 2.11. The second kappa shape index (κ2) is 5.72. The number of nitrogens with one attached hydrogen (secondary N) is 2. The van der Waals surface area contributed by atoms with E-state index in [1.165, 1.54) is 0 Å². The zero-order valence-corrected chi connectivity index (χ0v) is 12.7. The number of fused-ring (bicyclic) bond motifs is 1.